The number of amides is 1. The van der Waals surface area contributed by atoms with Crippen molar-refractivity contribution in [3.63, 3.8) is 0 Å². The van der Waals surface area contributed by atoms with Crippen LogP contribution in [0.25, 0.3) is 0 Å². The van der Waals surface area contributed by atoms with E-state index in [2.05, 4.69) is 10.3 Å². The zero-order chi connectivity index (χ0) is 20.9. The summed E-state index contributed by atoms with van der Waals surface area (Å²) in [5.41, 5.74) is 1.08. The van der Waals surface area contributed by atoms with Gasteiger partial charge in [-0.15, -0.1) is 0 Å². The molecule has 3 aromatic rings. The fourth-order valence-corrected chi connectivity index (χ4v) is 4.29. The highest BCUT2D eigenvalue weighted by Gasteiger charge is 2.27. The summed E-state index contributed by atoms with van der Waals surface area (Å²) in [6.45, 7) is -0.178. The second-order valence-electron chi connectivity index (χ2n) is 6.08. The van der Waals surface area contributed by atoms with Gasteiger partial charge in [-0.25, -0.2) is 8.42 Å². The van der Waals surface area contributed by atoms with Gasteiger partial charge in [0.25, 0.3) is 10.0 Å². The van der Waals surface area contributed by atoms with Crippen LogP contribution < -0.4 is 9.62 Å². The van der Waals surface area contributed by atoms with Gasteiger partial charge in [-0.1, -0.05) is 35.3 Å². The standard InChI is InChI=1S/C20H17Cl2N3O3S/c21-16-6-8-19(9-7-16)29(27,28)25(18-5-1-4-17(22)11-18)14-20(26)24-13-15-3-2-10-23-12-15/h1-12H,13-14H2,(H,24,26). The molecule has 0 spiro atoms. The Morgan fingerprint density at radius 2 is 1.76 bits per heavy atom. The lowest BCUT2D eigenvalue weighted by Gasteiger charge is -2.24. The third-order valence-electron chi connectivity index (χ3n) is 4.00. The first-order valence-corrected chi connectivity index (χ1v) is 10.8. The maximum absolute atomic E-state index is 13.2. The number of sulfonamides is 1. The third-order valence-corrected chi connectivity index (χ3v) is 6.27. The molecule has 1 amide bonds. The summed E-state index contributed by atoms with van der Waals surface area (Å²) in [6, 6.07) is 15.6. The average Bonchev–Trinajstić information content (AvgIpc) is 2.71. The van der Waals surface area contributed by atoms with E-state index in [-0.39, 0.29) is 17.1 Å². The first kappa shape index (κ1) is 21.1. The van der Waals surface area contributed by atoms with Crippen LogP contribution in [-0.4, -0.2) is 25.9 Å². The lowest BCUT2D eigenvalue weighted by Crippen LogP contribution is -2.40. The Bertz CT molecular complexity index is 1090. The quantitative estimate of drug-likeness (QED) is 0.592. The molecule has 6 nitrogen and oxygen atoms in total. The predicted molar refractivity (Wildman–Crippen MR) is 114 cm³/mol. The molecule has 0 bridgehead atoms. The minimum atomic E-state index is -4.02. The van der Waals surface area contributed by atoms with Crippen molar-refractivity contribution in [3.05, 3.63) is 88.7 Å². The van der Waals surface area contributed by atoms with E-state index >= 15 is 0 Å². The number of nitrogens with one attached hydrogen (secondary N) is 1. The number of carbonyl (C=O) groups excluding carboxylic acids is 1. The molecule has 0 fully saturated rings. The molecule has 0 atom stereocenters. The Hall–Kier alpha value is -2.61. The second-order valence-corrected chi connectivity index (χ2v) is 8.82. The van der Waals surface area contributed by atoms with Crippen molar-refractivity contribution in [1.82, 2.24) is 10.3 Å². The Morgan fingerprint density at radius 3 is 2.41 bits per heavy atom. The molecule has 150 valence electrons. The van der Waals surface area contributed by atoms with Gasteiger partial charge >= 0.3 is 0 Å². The van der Waals surface area contributed by atoms with Crippen molar-refractivity contribution in [1.29, 1.82) is 0 Å². The maximum atomic E-state index is 13.2. The summed E-state index contributed by atoms with van der Waals surface area (Å²) in [7, 11) is -4.02. The number of pyridine rings is 1. The van der Waals surface area contributed by atoms with E-state index in [1.165, 1.54) is 30.3 Å². The summed E-state index contributed by atoms with van der Waals surface area (Å²) in [5, 5.41) is 3.47. The number of nitrogens with zero attached hydrogens (tertiary/aromatic N) is 2. The summed E-state index contributed by atoms with van der Waals surface area (Å²) < 4.78 is 27.4. The van der Waals surface area contributed by atoms with Crippen molar-refractivity contribution >= 4 is 44.8 Å². The third kappa shape index (κ3) is 5.47. The van der Waals surface area contributed by atoms with Crippen molar-refractivity contribution in [2.75, 3.05) is 10.8 Å². The van der Waals surface area contributed by atoms with E-state index in [0.717, 1.165) is 9.87 Å². The molecule has 1 N–H and O–H groups in total. The SMILES string of the molecule is O=C(CN(c1cccc(Cl)c1)S(=O)(=O)c1ccc(Cl)cc1)NCc1cccnc1. The highest BCUT2D eigenvalue weighted by Crippen LogP contribution is 2.26. The minimum absolute atomic E-state index is 0.0157. The Morgan fingerprint density at radius 1 is 1.00 bits per heavy atom. The zero-order valence-electron chi connectivity index (χ0n) is 15.1. The number of carbonyl (C=O) groups is 1. The molecule has 0 saturated carbocycles. The van der Waals surface area contributed by atoms with Gasteiger partial charge in [-0.2, -0.15) is 0 Å². The van der Waals surface area contributed by atoms with E-state index < -0.39 is 22.5 Å². The summed E-state index contributed by atoms with van der Waals surface area (Å²) in [5.74, 6) is -0.466. The molecular weight excluding hydrogens is 433 g/mol. The average molecular weight is 450 g/mol. The van der Waals surface area contributed by atoms with Crippen molar-refractivity contribution < 1.29 is 13.2 Å². The van der Waals surface area contributed by atoms with Crippen LogP contribution in [-0.2, 0) is 21.4 Å². The molecule has 29 heavy (non-hydrogen) atoms. The molecule has 0 aliphatic heterocycles. The first-order valence-electron chi connectivity index (χ1n) is 8.56. The summed E-state index contributed by atoms with van der Waals surface area (Å²) >= 11 is 11.9. The summed E-state index contributed by atoms with van der Waals surface area (Å²) in [4.78, 5) is 16.5. The van der Waals surface area contributed by atoms with Gasteiger partial charge in [0.15, 0.2) is 0 Å². The van der Waals surface area contributed by atoms with Gasteiger partial charge in [0.2, 0.25) is 5.91 Å². The molecule has 0 unspecified atom stereocenters. The molecule has 0 saturated heterocycles. The number of aromatic nitrogens is 1. The van der Waals surface area contributed by atoms with Crippen LogP contribution in [0.15, 0.2) is 78.0 Å². The van der Waals surface area contributed by atoms with E-state index in [1.54, 1.807) is 36.7 Å². The van der Waals surface area contributed by atoms with Crippen molar-refractivity contribution in [3.8, 4) is 0 Å². The predicted octanol–water partition coefficient (Wildman–Crippen LogP) is 3.90. The largest absolute Gasteiger partial charge is 0.350 e. The fourth-order valence-electron chi connectivity index (χ4n) is 2.57. The van der Waals surface area contributed by atoms with Crippen LogP contribution in [0.1, 0.15) is 5.56 Å². The molecule has 0 radical (unpaired) electrons. The lowest BCUT2D eigenvalue weighted by atomic mass is 10.3. The molecular formula is C20H17Cl2N3O3S. The van der Waals surface area contributed by atoms with E-state index in [9.17, 15) is 13.2 Å². The number of halogens is 2. The van der Waals surface area contributed by atoms with Crippen LogP contribution in [0, 0.1) is 0 Å². The molecule has 0 aliphatic carbocycles. The van der Waals surface area contributed by atoms with Gasteiger partial charge in [-0.05, 0) is 54.1 Å². The highest BCUT2D eigenvalue weighted by molar-refractivity contribution is 7.92. The minimum Gasteiger partial charge on any atom is -0.350 e. The molecule has 1 heterocycles. The molecule has 2 aromatic carbocycles. The van der Waals surface area contributed by atoms with Crippen LogP contribution in [0.3, 0.4) is 0 Å². The smallest absolute Gasteiger partial charge is 0.264 e. The Labute approximate surface area is 179 Å². The van der Waals surface area contributed by atoms with E-state index in [4.69, 9.17) is 23.2 Å². The number of rotatable bonds is 7. The Kier molecular flexibility index (Phi) is 6.74. The second kappa shape index (κ2) is 9.26. The Balaban J connectivity index is 1.87. The van der Waals surface area contributed by atoms with E-state index in [1.807, 2.05) is 6.07 Å². The molecule has 0 aliphatic rings. The molecule has 1 aromatic heterocycles. The normalized spacial score (nSPS) is 11.1. The van der Waals surface area contributed by atoms with E-state index in [0.29, 0.717) is 10.0 Å². The van der Waals surface area contributed by atoms with Gasteiger partial charge in [0, 0.05) is 29.0 Å². The number of hydrogen-bond acceptors (Lipinski definition) is 4. The lowest BCUT2D eigenvalue weighted by molar-refractivity contribution is -0.119. The van der Waals surface area contributed by atoms with Crippen molar-refractivity contribution in [2.45, 2.75) is 11.4 Å². The van der Waals surface area contributed by atoms with Crippen LogP contribution in [0.2, 0.25) is 10.0 Å². The molecule has 3 rings (SSSR count). The van der Waals surface area contributed by atoms with Crippen LogP contribution in [0.4, 0.5) is 5.69 Å². The van der Waals surface area contributed by atoms with Gasteiger partial charge < -0.3 is 5.32 Å². The van der Waals surface area contributed by atoms with Gasteiger partial charge in [0.1, 0.15) is 6.54 Å². The fraction of sp³-hybridized carbons (Fsp3) is 0.100. The first-order chi connectivity index (χ1) is 13.9. The monoisotopic (exact) mass is 449 g/mol. The number of anilines is 1. The van der Waals surface area contributed by atoms with Gasteiger partial charge in [0.05, 0.1) is 10.6 Å². The van der Waals surface area contributed by atoms with Gasteiger partial charge in [-0.3, -0.25) is 14.1 Å². The highest BCUT2D eigenvalue weighted by atomic mass is 35.5. The maximum Gasteiger partial charge on any atom is 0.264 e. The number of benzene rings is 2. The van der Waals surface area contributed by atoms with Crippen molar-refractivity contribution in [2.24, 2.45) is 0 Å². The summed E-state index contributed by atoms with van der Waals surface area (Å²) in [6.07, 6.45) is 3.25. The zero-order valence-corrected chi connectivity index (χ0v) is 17.5. The van der Waals surface area contributed by atoms with Crippen LogP contribution in [0.5, 0.6) is 0 Å². The van der Waals surface area contributed by atoms with Crippen LogP contribution >= 0.6 is 23.2 Å². The topological polar surface area (TPSA) is 79.4 Å². The molecule has 9 heteroatoms. The number of hydrogen-bond donors (Lipinski definition) is 1.